The Kier molecular flexibility index (Phi) is 9.48. The van der Waals surface area contributed by atoms with Gasteiger partial charge < -0.3 is 8.83 Å². The highest BCUT2D eigenvalue weighted by molar-refractivity contribution is 6.05. The summed E-state index contributed by atoms with van der Waals surface area (Å²) in [6.45, 7) is 2.04. The van der Waals surface area contributed by atoms with E-state index in [2.05, 4.69) is 10.9 Å². The summed E-state index contributed by atoms with van der Waals surface area (Å²) in [7, 11) is 0. The number of hydrogen-bond acceptors (Lipinski definition) is 11. The van der Waals surface area contributed by atoms with Crippen molar-refractivity contribution in [2.75, 3.05) is 0 Å². The molecule has 264 valence electrons. The Morgan fingerprint density at radius 1 is 0.712 bits per heavy atom. The minimum absolute atomic E-state index is 0.0114. The molecule has 0 bridgehead atoms. The molecule has 4 amide bonds. The maximum atomic E-state index is 13.6. The van der Waals surface area contributed by atoms with Gasteiger partial charge in [0, 0.05) is 10.8 Å². The van der Waals surface area contributed by atoms with Gasteiger partial charge in [-0.3, -0.25) is 44.0 Å². The second-order valence-electron chi connectivity index (χ2n) is 11.7. The fourth-order valence-electron chi connectivity index (χ4n) is 5.55. The summed E-state index contributed by atoms with van der Waals surface area (Å²) in [6.07, 6.45) is 1.38. The van der Waals surface area contributed by atoms with Gasteiger partial charge in [0.1, 0.15) is 35.4 Å². The number of imide groups is 1. The third kappa shape index (κ3) is 6.65. The molecule has 6 rings (SSSR count). The Hall–Kier alpha value is -6.94. The summed E-state index contributed by atoms with van der Waals surface area (Å²) in [5.74, 6) is 1.45. The number of nitrogens with two attached hydrogens (primary N) is 1. The molecule has 0 radical (unpaired) electrons. The first-order chi connectivity index (χ1) is 24.9. The molecule has 0 unspecified atom stereocenters. The van der Waals surface area contributed by atoms with Crippen LogP contribution in [0.3, 0.4) is 0 Å². The molecule has 0 fully saturated rings. The Bertz CT molecular complexity index is 2710. The van der Waals surface area contributed by atoms with Crippen LogP contribution in [-0.2, 0) is 35.5 Å². The lowest BCUT2D eigenvalue weighted by Crippen LogP contribution is -2.50. The number of aromatic nitrogens is 2. The fourth-order valence-corrected chi connectivity index (χ4v) is 5.55. The molecule has 3 heterocycles. The van der Waals surface area contributed by atoms with E-state index in [1.54, 1.807) is 36.4 Å². The lowest BCUT2D eigenvalue weighted by molar-refractivity contribution is -0.129. The van der Waals surface area contributed by atoms with Crippen LogP contribution in [0, 0.1) is 0 Å². The molecule has 0 atom stereocenters. The van der Waals surface area contributed by atoms with E-state index in [1.807, 2.05) is 13.8 Å². The second kappa shape index (κ2) is 14.1. The Labute approximate surface area is 291 Å². The number of nitrogens with one attached hydrogen (secondary N) is 2. The van der Waals surface area contributed by atoms with Crippen molar-refractivity contribution >= 4 is 56.5 Å². The molecule has 0 aliphatic heterocycles. The van der Waals surface area contributed by atoms with Gasteiger partial charge in [0.2, 0.25) is 0 Å². The molecule has 0 aliphatic rings. The molecule has 3 aromatic heterocycles. The van der Waals surface area contributed by atoms with E-state index in [-0.39, 0.29) is 27.1 Å². The predicted octanol–water partition coefficient (Wildman–Crippen LogP) is 1.50. The number of nitrogens with zero attached hydrogens (tertiary/aromatic N) is 3. The molecular formula is C36H30N6O10. The van der Waals surface area contributed by atoms with E-state index in [0.717, 1.165) is 15.7 Å². The highest BCUT2D eigenvalue weighted by atomic mass is 16.4. The standard InChI is InChI=1S/C36H30N6O10/c1-3-19-9-11-21-15-24(34(48)51-27(21)13-19)31(45)39-38-29(43)17-41-32(46)23-7-5-6-8-26(23)40(36(41)50)18-30(44)42(37)33(47)25-16-22-12-10-20(4-2)14-28(22)52-35(25)49/h5-16H,3-4,17-18,37H2,1-2H3,(H,38,43)(H,39,45). The number of carbonyl (C=O) groups is 4. The van der Waals surface area contributed by atoms with Gasteiger partial charge in [0.15, 0.2) is 0 Å². The topological polar surface area (TPSA) is 226 Å². The van der Waals surface area contributed by atoms with E-state index >= 15 is 0 Å². The number of rotatable bonds is 8. The second-order valence-corrected chi connectivity index (χ2v) is 11.7. The SMILES string of the molecule is CCc1ccc2cc(C(=O)NNC(=O)Cn3c(=O)c4ccccc4n(CC(=O)N(N)C(=O)c4cc5ccc(CC)cc5oc4=O)c3=O)c(=O)oc2c1. The number of hydrogen-bond donors (Lipinski definition) is 3. The maximum Gasteiger partial charge on any atom is 0.349 e. The molecule has 6 aromatic rings. The van der Waals surface area contributed by atoms with Gasteiger partial charge in [0.25, 0.3) is 29.2 Å². The molecular weight excluding hydrogens is 676 g/mol. The van der Waals surface area contributed by atoms with Crippen LogP contribution in [0.4, 0.5) is 0 Å². The lowest BCUT2D eigenvalue weighted by atomic mass is 10.1. The van der Waals surface area contributed by atoms with Crippen LogP contribution in [0.2, 0.25) is 0 Å². The van der Waals surface area contributed by atoms with E-state index in [9.17, 15) is 38.4 Å². The van der Waals surface area contributed by atoms with Crippen LogP contribution in [0.1, 0.15) is 45.7 Å². The van der Waals surface area contributed by atoms with Crippen LogP contribution in [0.25, 0.3) is 32.8 Å². The smallest absolute Gasteiger partial charge is 0.349 e. The molecule has 16 heteroatoms. The van der Waals surface area contributed by atoms with E-state index in [0.29, 0.717) is 28.2 Å². The minimum atomic E-state index is -1.20. The number of fused-ring (bicyclic) bond motifs is 3. The van der Waals surface area contributed by atoms with Gasteiger partial charge in [-0.15, -0.1) is 0 Å². The summed E-state index contributed by atoms with van der Waals surface area (Å²) < 4.78 is 11.9. The Morgan fingerprint density at radius 2 is 1.29 bits per heavy atom. The van der Waals surface area contributed by atoms with Crippen molar-refractivity contribution in [2.45, 2.75) is 39.8 Å². The quantitative estimate of drug-likeness (QED) is 0.0890. The number of para-hydroxylation sites is 1. The number of amides is 4. The van der Waals surface area contributed by atoms with Crippen LogP contribution in [0.5, 0.6) is 0 Å². The van der Waals surface area contributed by atoms with E-state index in [1.165, 1.54) is 36.4 Å². The highest BCUT2D eigenvalue weighted by Crippen LogP contribution is 2.18. The fraction of sp³-hybridized carbons (Fsp3) is 0.167. The van der Waals surface area contributed by atoms with Crippen LogP contribution < -0.4 is 39.2 Å². The number of benzene rings is 3. The third-order valence-corrected chi connectivity index (χ3v) is 8.42. The zero-order valence-electron chi connectivity index (χ0n) is 27.8. The lowest BCUT2D eigenvalue weighted by Gasteiger charge is -2.17. The Balaban J connectivity index is 1.22. The van der Waals surface area contributed by atoms with Gasteiger partial charge in [-0.05, 0) is 60.4 Å². The van der Waals surface area contributed by atoms with Gasteiger partial charge in [-0.25, -0.2) is 25.2 Å². The molecule has 0 saturated heterocycles. The molecule has 0 aliphatic carbocycles. The first-order valence-electron chi connectivity index (χ1n) is 16.0. The van der Waals surface area contributed by atoms with Crippen molar-refractivity contribution in [1.29, 1.82) is 0 Å². The summed E-state index contributed by atoms with van der Waals surface area (Å²) in [4.78, 5) is 104. The van der Waals surface area contributed by atoms with E-state index in [4.69, 9.17) is 14.7 Å². The number of hydrazine groups is 2. The summed E-state index contributed by atoms with van der Waals surface area (Å²) in [5.41, 5.74) is 1.50. The number of aryl methyl sites for hydroxylation is 2. The zero-order valence-corrected chi connectivity index (χ0v) is 27.8. The molecule has 0 saturated carbocycles. The summed E-state index contributed by atoms with van der Waals surface area (Å²) >= 11 is 0. The molecule has 3 aromatic carbocycles. The normalized spacial score (nSPS) is 11.1. The molecule has 4 N–H and O–H groups in total. The average Bonchev–Trinajstić information content (AvgIpc) is 3.15. The van der Waals surface area contributed by atoms with Crippen molar-refractivity contribution in [1.82, 2.24) is 25.0 Å². The van der Waals surface area contributed by atoms with Crippen molar-refractivity contribution < 1.29 is 28.0 Å². The van der Waals surface area contributed by atoms with Gasteiger partial charge in [0.05, 0.1) is 10.9 Å². The van der Waals surface area contributed by atoms with Gasteiger partial charge >= 0.3 is 16.9 Å². The third-order valence-electron chi connectivity index (χ3n) is 8.42. The summed E-state index contributed by atoms with van der Waals surface area (Å²) in [5, 5.41) is 0.970. The first-order valence-corrected chi connectivity index (χ1v) is 16.0. The zero-order chi connectivity index (χ0) is 37.3. The van der Waals surface area contributed by atoms with Crippen molar-refractivity contribution in [3.63, 3.8) is 0 Å². The molecule has 0 spiro atoms. The van der Waals surface area contributed by atoms with Crippen LogP contribution >= 0.6 is 0 Å². The average molecular weight is 707 g/mol. The molecule has 16 nitrogen and oxygen atoms in total. The van der Waals surface area contributed by atoms with Crippen LogP contribution in [-0.4, -0.2) is 37.8 Å². The van der Waals surface area contributed by atoms with Gasteiger partial charge in [-0.1, -0.05) is 50.2 Å². The van der Waals surface area contributed by atoms with Crippen molar-refractivity contribution in [2.24, 2.45) is 5.84 Å². The summed E-state index contributed by atoms with van der Waals surface area (Å²) in [6, 6.07) is 18.5. The first kappa shape index (κ1) is 34.9. The predicted molar refractivity (Wildman–Crippen MR) is 187 cm³/mol. The largest absolute Gasteiger partial charge is 0.422 e. The number of carbonyl (C=O) groups excluding carboxylic acids is 4. The van der Waals surface area contributed by atoms with Crippen molar-refractivity contribution in [3.05, 3.63) is 137 Å². The van der Waals surface area contributed by atoms with Gasteiger partial charge in [-0.2, -0.15) is 0 Å². The van der Waals surface area contributed by atoms with E-state index < -0.39 is 70.3 Å². The monoisotopic (exact) mass is 706 g/mol. The highest BCUT2D eigenvalue weighted by Gasteiger charge is 2.26. The molecule has 52 heavy (non-hydrogen) atoms. The maximum absolute atomic E-state index is 13.6. The minimum Gasteiger partial charge on any atom is -0.422 e. The van der Waals surface area contributed by atoms with Crippen molar-refractivity contribution in [3.8, 4) is 0 Å². The van der Waals surface area contributed by atoms with Crippen LogP contribution in [0.15, 0.2) is 101 Å². The Morgan fingerprint density at radius 3 is 1.90 bits per heavy atom.